The second kappa shape index (κ2) is 6.65. The summed E-state index contributed by atoms with van der Waals surface area (Å²) in [6, 6.07) is 4.15. The molecule has 6 heteroatoms. The van der Waals surface area contributed by atoms with Crippen molar-refractivity contribution in [3.63, 3.8) is 0 Å². The number of amides is 1. The lowest BCUT2D eigenvalue weighted by molar-refractivity contribution is -0.384. The van der Waals surface area contributed by atoms with Gasteiger partial charge in [0.05, 0.1) is 10.5 Å². The van der Waals surface area contributed by atoms with Crippen LogP contribution in [0.5, 0.6) is 0 Å². The van der Waals surface area contributed by atoms with Gasteiger partial charge in [-0.25, -0.2) is 0 Å². The molecule has 104 valence electrons. The summed E-state index contributed by atoms with van der Waals surface area (Å²) in [5.74, 6) is 0.512. The normalized spacial score (nSPS) is 12.3. The molecule has 0 saturated carbocycles. The zero-order valence-electron chi connectivity index (χ0n) is 11.1. The van der Waals surface area contributed by atoms with Gasteiger partial charge < -0.3 is 5.32 Å². The first-order valence-corrected chi connectivity index (χ1v) is 6.84. The Balaban J connectivity index is 2.82. The van der Waals surface area contributed by atoms with Crippen LogP contribution in [0, 0.1) is 22.0 Å². The zero-order chi connectivity index (χ0) is 14.6. The molecule has 0 fully saturated rings. The molecule has 0 aromatic heterocycles. The van der Waals surface area contributed by atoms with Crippen molar-refractivity contribution in [2.24, 2.45) is 11.8 Å². The molecular weight excluding hydrogens is 312 g/mol. The first-order chi connectivity index (χ1) is 8.82. The SMILES string of the molecule is CC(C)C(C)CNC(=O)c1cc([N+](=O)[O-])ccc1Br. The Morgan fingerprint density at radius 3 is 2.58 bits per heavy atom. The molecule has 0 aliphatic carbocycles. The van der Waals surface area contributed by atoms with Crippen LogP contribution in [0.2, 0.25) is 0 Å². The lowest BCUT2D eigenvalue weighted by Crippen LogP contribution is -2.30. The van der Waals surface area contributed by atoms with Gasteiger partial charge in [0.25, 0.3) is 11.6 Å². The van der Waals surface area contributed by atoms with Crippen LogP contribution in [-0.4, -0.2) is 17.4 Å². The fourth-order valence-electron chi connectivity index (χ4n) is 1.39. The van der Waals surface area contributed by atoms with Gasteiger partial charge in [-0.05, 0) is 33.8 Å². The third-order valence-corrected chi connectivity index (χ3v) is 3.82. The number of nitrogens with zero attached hydrogens (tertiary/aromatic N) is 1. The summed E-state index contributed by atoms with van der Waals surface area (Å²) in [6.45, 7) is 6.76. The molecule has 0 bridgehead atoms. The Bertz CT molecular complexity index is 489. The molecule has 1 atom stereocenters. The Kier molecular flexibility index (Phi) is 5.47. The lowest BCUT2D eigenvalue weighted by Gasteiger charge is -2.16. The van der Waals surface area contributed by atoms with E-state index in [4.69, 9.17) is 0 Å². The molecule has 0 aliphatic heterocycles. The molecule has 0 radical (unpaired) electrons. The average molecular weight is 329 g/mol. The highest BCUT2D eigenvalue weighted by atomic mass is 79.9. The molecule has 1 N–H and O–H groups in total. The van der Waals surface area contributed by atoms with E-state index in [9.17, 15) is 14.9 Å². The predicted molar refractivity (Wildman–Crippen MR) is 77.1 cm³/mol. The highest BCUT2D eigenvalue weighted by Gasteiger charge is 2.16. The van der Waals surface area contributed by atoms with E-state index < -0.39 is 4.92 Å². The third kappa shape index (κ3) is 4.31. The molecule has 0 aliphatic rings. The van der Waals surface area contributed by atoms with Crippen molar-refractivity contribution in [1.82, 2.24) is 5.32 Å². The fourth-order valence-corrected chi connectivity index (χ4v) is 1.81. The number of carbonyl (C=O) groups is 1. The number of hydrogen-bond acceptors (Lipinski definition) is 3. The Morgan fingerprint density at radius 1 is 1.42 bits per heavy atom. The Morgan fingerprint density at radius 2 is 2.05 bits per heavy atom. The smallest absolute Gasteiger partial charge is 0.270 e. The number of nitro benzene ring substituents is 1. The van der Waals surface area contributed by atoms with E-state index in [1.807, 2.05) is 6.92 Å². The molecule has 1 rings (SSSR count). The standard InChI is InChI=1S/C13H17BrN2O3/c1-8(2)9(3)7-15-13(17)11-6-10(16(18)19)4-5-12(11)14/h4-6,8-9H,7H2,1-3H3,(H,15,17). The van der Waals surface area contributed by atoms with Gasteiger partial charge >= 0.3 is 0 Å². The van der Waals surface area contributed by atoms with Crippen LogP contribution in [0.1, 0.15) is 31.1 Å². The molecule has 1 aromatic carbocycles. The van der Waals surface area contributed by atoms with E-state index in [1.165, 1.54) is 18.2 Å². The summed E-state index contributed by atoms with van der Waals surface area (Å²) in [5, 5.41) is 13.5. The molecule has 0 heterocycles. The quantitative estimate of drug-likeness (QED) is 0.665. The van der Waals surface area contributed by atoms with Crippen molar-refractivity contribution in [2.75, 3.05) is 6.54 Å². The van der Waals surface area contributed by atoms with Crippen molar-refractivity contribution in [3.05, 3.63) is 38.3 Å². The number of carbonyl (C=O) groups excluding carboxylic acids is 1. The minimum Gasteiger partial charge on any atom is -0.352 e. The zero-order valence-corrected chi connectivity index (χ0v) is 12.7. The molecule has 19 heavy (non-hydrogen) atoms. The maximum Gasteiger partial charge on any atom is 0.270 e. The van der Waals surface area contributed by atoms with E-state index in [1.54, 1.807) is 0 Å². The van der Waals surface area contributed by atoms with Crippen LogP contribution >= 0.6 is 15.9 Å². The molecule has 0 spiro atoms. The van der Waals surface area contributed by atoms with E-state index in [0.717, 1.165) is 0 Å². The third-order valence-electron chi connectivity index (χ3n) is 3.13. The number of nitrogens with one attached hydrogen (secondary N) is 1. The number of rotatable bonds is 5. The topological polar surface area (TPSA) is 72.2 Å². The molecule has 1 amide bonds. The highest BCUT2D eigenvalue weighted by molar-refractivity contribution is 9.10. The van der Waals surface area contributed by atoms with Crippen molar-refractivity contribution in [3.8, 4) is 0 Å². The molecule has 5 nitrogen and oxygen atoms in total. The Hall–Kier alpha value is -1.43. The number of nitro groups is 1. The van der Waals surface area contributed by atoms with E-state index in [2.05, 4.69) is 35.1 Å². The average Bonchev–Trinajstić information content (AvgIpc) is 2.35. The molecule has 0 saturated heterocycles. The maximum atomic E-state index is 12.0. The molecular formula is C13H17BrN2O3. The minimum atomic E-state index is -0.514. The number of hydrogen-bond donors (Lipinski definition) is 1. The van der Waals surface area contributed by atoms with Gasteiger partial charge in [-0.15, -0.1) is 0 Å². The van der Waals surface area contributed by atoms with Crippen molar-refractivity contribution < 1.29 is 9.72 Å². The van der Waals surface area contributed by atoms with Gasteiger partial charge in [0, 0.05) is 23.2 Å². The van der Waals surface area contributed by atoms with Crippen LogP contribution in [-0.2, 0) is 0 Å². The van der Waals surface area contributed by atoms with Crippen molar-refractivity contribution in [1.29, 1.82) is 0 Å². The van der Waals surface area contributed by atoms with Crippen LogP contribution in [0.3, 0.4) is 0 Å². The second-order valence-electron chi connectivity index (χ2n) is 4.85. The molecule has 1 unspecified atom stereocenters. The summed E-state index contributed by atoms with van der Waals surface area (Å²) in [4.78, 5) is 22.2. The van der Waals surface area contributed by atoms with Crippen LogP contribution < -0.4 is 5.32 Å². The summed E-state index contributed by atoms with van der Waals surface area (Å²) in [5.41, 5.74) is 0.190. The van der Waals surface area contributed by atoms with Crippen LogP contribution in [0.4, 0.5) is 5.69 Å². The van der Waals surface area contributed by atoms with Gasteiger partial charge in [-0.2, -0.15) is 0 Å². The first kappa shape index (κ1) is 15.6. The van der Waals surface area contributed by atoms with Crippen molar-refractivity contribution >= 4 is 27.5 Å². The fraction of sp³-hybridized carbons (Fsp3) is 0.462. The number of halogens is 1. The predicted octanol–water partition coefficient (Wildman–Crippen LogP) is 3.38. The van der Waals surface area contributed by atoms with E-state index in [-0.39, 0.29) is 17.2 Å². The lowest BCUT2D eigenvalue weighted by atomic mass is 9.98. The molecule has 1 aromatic rings. The minimum absolute atomic E-state index is 0.0924. The summed E-state index contributed by atoms with van der Waals surface area (Å²) in [6.07, 6.45) is 0. The largest absolute Gasteiger partial charge is 0.352 e. The Labute approximate surface area is 120 Å². The van der Waals surface area contributed by atoms with Gasteiger partial charge in [-0.3, -0.25) is 14.9 Å². The monoisotopic (exact) mass is 328 g/mol. The van der Waals surface area contributed by atoms with Gasteiger partial charge in [0.15, 0.2) is 0 Å². The van der Waals surface area contributed by atoms with Gasteiger partial charge in [0.2, 0.25) is 0 Å². The highest BCUT2D eigenvalue weighted by Crippen LogP contribution is 2.22. The maximum absolute atomic E-state index is 12.0. The van der Waals surface area contributed by atoms with E-state index >= 15 is 0 Å². The van der Waals surface area contributed by atoms with Gasteiger partial charge in [0.1, 0.15) is 0 Å². The first-order valence-electron chi connectivity index (χ1n) is 6.05. The summed E-state index contributed by atoms with van der Waals surface area (Å²) in [7, 11) is 0. The second-order valence-corrected chi connectivity index (χ2v) is 5.71. The number of benzene rings is 1. The summed E-state index contributed by atoms with van der Waals surface area (Å²) < 4.78 is 0.549. The van der Waals surface area contributed by atoms with Gasteiger partial charge in [-0.1, -0.05) is 20.8 Å². The van der Waals surface area contributed by atoms with Crippen LogP contribution in [0.25, 0.3) is 0 Å². The number of non-ortho nitro benzene ring substituents is 1. The van der Waals surface area contributed by atoms with E-state index in [0.29, 0.717) is 22.9 Å². The summed E-state index contributed by atoms with van der Waals surface area (Å²) >= 11 is 3.23. The van der Waals surface area contributed by atoms with Crippen molar-refractivity contribution in [2.45, 2.75) is 20.8 Å². The van der Waals surface area contributed by atoms with Crippen LogP contribution in [0.15, 0.2) is 22.7 Å².